The number of anilines is 1. The molecule has 2 rings (SSSR count). The lowest BCUT2D eigenvalue weighted by atomic mass is 10.2. The van der Waals surface area contributed by atoms with Crippen LogP contribution in [0.5, 0.6) is 0 Å². The Morgan fingerprint density at radius 2 is 1.92 bits per heavy atom. The maximum absolute atomic E-state index is 12.5. The highest BCUT2D eigenvalue weighted by Crippen LogP contribution is 2.19. The van der Waals surface area contributed by atoms with E-state index in [1.807, 2.05) is 6.07 Å². The largest absolute Gasteiger partial charge is 0.370 e. The minimum Gasteiger partial charge on any atom is -0.370 e. The van der Waals surface area contributed by atoms with Gasteiger partial charge >= 0.3 is 0 Å². The van der Waals surface area contributed by atoms with E-state index < -0.39 is 9.84 Å². The van der Waals surface area contributed by atoms with Gasteiger partial charge in [0.15, 0.2) is 9.84 Å². The summed E-state index contributed by atoms with van der Waals surface area (Å²) in [6, 6.07) is 3.40. The summed E-state index contributed by atoms with van der Waals surface area (Å²) in [6.07, 6.45) is 4.35. The van der Waals surface area contributed by atoms with Gasteiger partial charge in [-0.05, 0) is 31.4 Å². The van der Waals surface area contributed by atoms with Crippen molar-refractivity contribution in [3.8, 4) is 0 Å². The van der Waals surface area contributed by atoms with Gasteiger partial charge in [-0.2, -0.15) is 0 Å². The molecule has 0 aromatic carbocycles. The fraction of sp³-hybridized carbons (Fsp3) is 0.647. The number of aromatic nitrogens is 1. The molecule has 1 fully saturated rings. The molecule has 7 heteroatoms. The number of hydrogen-bond acceptors (Lipinski definition) is 5. The summed E-state index contributed by atoms with van der Waals surface area (Å²) in [7, 11) is -1.35. The summed E-state index contributed by atoms with van der Waals surface area (Å²) >= 11 is 0. The van der Waals surface area contributed by atoms with Crippen LogP contribution in [0.25, 0.3) is 0 Å². The summed E-state index contributed by atoms with van der Waals surface area (Å²) in [5, 5.41) is 0. The first-order valence-electron chi connectivity index (χ1n) is 8.56. The lowest BCUT2D eigenvalue weighted by Crippen LogP contribution is -2.38. The molecule has 0 radical (unpaired) electrons. The van der Waals surface area contributed by atoms with Gasteiger partial charge in [-0.25, -0.2) is 13.4 Å². The van der Waals surface area contributed by atoms with Gasteiger partial charge in [-0.15, -0.1) is 0 Å². The molecule has 1 saturated heterocycles. The Balaban J connectivity index is 2.08. The highest BCUT2D eigenvalue weighted by molar-refractivity contribution is 7.91. The van der Waals surface area contributed by atoms with Gasteiger partial charge in [-0.1, -0.05) is 13.8 Å². The van der Waals surface area contributed by atoms with E-state index in [9.17, 15) is 13.2 Å². The molecule has 0 N–H and O–H groups in total. The minimum atomic E-state index is -3.01. The van der Waals surface area contributed by atoms with Crippen LogP contribution in [-0.4, -0.2) is 61.9 Å². The topological polar surface area (TPSA) is 70.6 Å². The SMILES string of the molecule is CCCN(CCC)c1ccc(C(=O)N(C)C2CCS(=O)(=O)C2)nc1. The smallest absolute Gasteiger partial charge is 0.272 e. The maximum atomic E-state index is 12.5. The predicted octanol–water partition coefficient (Wildman–Crippen LogP) is 1.97. The van der Waals surface area contributed by atoms with Crippen molar-refractivity contribution in [2.45, 2.75) is 39.2 Å². The van der Waals surface area contributed by atoms with Crippen molar-refractivity contribution in [3.05, 3.63) is 24.0 Å². The molecule has 2 heterocycles. The lowest BCUT2D eigenvalue weighted by molar-refractivity contribution is 0.0742. The molecule has 0 aliphatic carbocycles. The third kappa shape index (κ3) is 4.47. The van der Waals surface area contributed by atoms with Gasteiger partial charge in [0, 0.05) is 26.2 Å². The van der Waals surface area contributed by atoms with E-state index >= 15 is 0 Å². The zero-order chi connectivity index (χ0) is 17.7. The van der Waals surface area contributed by atoms with Crippen molar-refractivity contribution in [1.82, 2.24) is 9.88 Å². The van der Waals surface area contributed by atoms with Crippen LogP contribution in [0.1, 0.15) is 43.6 Å². The number of pyridine rings is 1. The number of sulfone groups is 1. The third-order valence-electron chi connectivity index (χ3n) is 4.40. The molecule has 1 aromatic rings. The first-order valence-corrected chi connectivity index (χ1v) is 10.4. The van der Waals surface area contributed by atoms with Crippen LogP contribution in [0.15, 0.2) is 18.3 Å². The van der Waals surface area contributed by atoms with Crippen molar-refractivity contribution in [2.75, 3.05) is 36.5 Å². The molecule has 6 nitrogen and oxygen atoms in total. The Bertz CT molecular complexity index is 652. The van der Waals surface area contributed by atoms with Crippen LogP contribution in [0.4, 0.5) is 5.69 Å². The molecule has 1 aliphatic heterocycles. The Hall–Kier alpha value is -1.63. The molecule has 24 heavy (non-hydrogen) atoms. The number of hydrogen-bond donors (Lipinski definition) is 0. The summed E-state index contributed by atoms with van der Waals surface area (Å²) in [4.78, 5) is 20.6. The third-order valence-corrected chi connectivity index (χ3v) is 6.15. The quantitative estimate of drug-likeness (QED) is 0.749. The summed E-state index contributed by atoms with van der Waals surface area (Å²) in [5.41, 5.74) is 1.37. The molecule has 134 valence electrons. The van der Waals surface area contributed by atoms with E-state index in [0.717, 1.165) is 31.6 Å². The monoisotopic (exact) mass is 353 g/mol. The minimum absolute atomic E-state index is 0.0497. The first kappa shape index (κ1) is 18.7. The standard InChI is InChI=1S/C17H27N3O3S/c1-4-9-20(10-5-2)14-6-7-16(18-12-14)17(21)19(3)15-8-11-24(22,23)13-15/h6-7,12,15H,4-5,8-11,13H2,1-3H3. The number of carbonyl (C=O) groups excluding carboxylic acids is 1. The average Bonchev–Trinajstić information content (AvgIpc) is 2.93. The fourth-order valence-corrected chi connectivity index (χ4v) is 4.81. The first-order chi connectivity index (χ1) is 11.4. The van der Waals surface area contributed by atoms with Crippen molar-refractivity contribution >= 4 is 21.4 Å². The van der Waals surface area contributed by atoms with Gasteiger partial charge in [-0.3, -0.25) is 4.79 Å². The van der Waals surface area contributed by atoms with Crippen molar-refractivity contribution in [1.29, 1.82) is 0 Å². The molecular weight excluding hydrogens is 326 g/mol. The lowest BCUT2D eigenvalue weighted by Gasteiger charge is -2.25. The van der Waals surface area contributed by atoms with Crippen LogP contribution in [0.3, 0.4) is 0 Å². The average molecular weight is 353 g/mol. The van der Waals surface area contributed by atoms with Crippen LogP contribution in [0, 0.1) is 0 Å². The second-order valence-electron chi connectivity index (χ2n) is 6.36. The highest BCUT2D eigenvalue weighted by Gasteiger charge is 2.33. The highest BCUT2D eigenvalue weighted by atomic mass is 32.2. The summed E-state index contributed by atoms with van der Waals surface area (Å²) in [6.45, 7) is 6.20. The molecule has 1 atom stereocenters. The van der Waals surface area contributed by atoms with Crippen LogP contribution in [0.2, 0.25) is 0 Å². The van der Waals surface area contributed by atoms with Gasteiger partial charge in [0.25, 0.3) is 5.91 Å². The fourth-order valence-electron chi connectivity index (χ4n) is 3.04. The van der Waals surface area contributed by atoms with Gasteiger partial charge < -0.3 is 9.80 Å². The van der Waals surface area contributed by atoms with E-state index in [2.05, 4.69) is 23.7 Å². The molecule has 1 unspecified atom stereocenters. The zero-order valence-corrected chi connectivity index (χ0v) is 15.6. The molecule has 1 aromatic heterocycles. The summed E-state index contributed by atoms with van der Waals surface area (Å²) in [5.74, 6) is -0.0140. The molecule has 0 bridgehead atoms. The number of carbonyl (C=O) groups is 1. The second-order valence-corrected chi connectivity index (χ2v) is 8.59. The van der Waals surface area contributed by atoms with Crippen molar-refractivity contribution < 1.29 is 13.2 Å². The van der Waals surface area contributed by atoms with Crippen LogP contribution >= 0.6 is 0 Å². The van der Waals surface area contributed by atoms with Gasteiger partial charge in [0.05, 0.1) is 23.4 Å². The Morgan fingerprint density at radius 3 is 2.38 bits per heavy atom. The van der Waals surface area contributed by atoms with Crippen molar-refractivity contribution in [2.24, 2.45) is 0 Å². The van der Waals surface area contributed by atoms with E-state index in [-0.39, 0.29) is 23.5 Å². The van der Waals surface area contributed by atoms with E-state index in [0.29, 0.717) is 12.1 Å². The summed E-state index contributed by atoms with van der Waals surface area (Å²) < 4.78 is 23.2. The number of nitrogens with zero attached hydrogens (tertiary/aromatic N) is 3. The predicted molar refractivity (Wildman–Crippen MR) is 96.2 cm³/mol. The maximum Gasteiger partial charge on any atom is 0.272 e. The van der Waals surface area contributed by atoms with Crippen LogP contribution < -0.4 is 4.90 Å². The number of rotatable bonds is 7. The van der Waals surface area contributed by atoms with Gasteiger partial charge in [0.2, 0.25) is 0 Å². The number of amides is 1. The zero-order valence-electron chi connectivity index (χ0n) is 14.7. The molecule has 1 aliphatic rings. The molecule has 1 amide bonds. The Kier molecular flexibility index (Phi) is 6.21. The van der Waals surface area contributed by atoms with Crippen LogP contribution in [-0.2, 0) is 9.84 Å². The normalized spacial score (nSPS) is 19.2. The molecular formula is C17H27N3O3S. The van der Waals surface area contributed by atoms with Crippen molar-refractivity contribution in [3.63, 3.8) is 0 Å². The Morgan fingerprint density at radius 1 is 1.25 bits per heavy atom. The second kappa shape index (κ2) is 7.96. The van der Waals surface area contributed by atoms with E-state index in [1.54, 1.807) is 19.3 Å². The van der Waals surface area contributed by atoms with Gasteiger partial charge in [0.1, 0.15) is 5.69 Å². The molecule has 0 saturated carbocycles. The van der Waals surface area contributed by atoms with E-state index in [1.165, 1.54) is 4.90 Å². The Labute approximate surface area is 144 Å². The van der Waals surface area contributed by atoms with E-state index in [4.69, 9.17) is 0 Å². The molecule has 0 spiro atoms.